The second-order valence-electron chi connectivity index (χ2n) is 4.22. The molecule has 0 bridgehead atoms. The smallest absolute Gasteiger partial charge is 0.191 e. The van der Waals surface area contributed by atoms with Crippen molar-refractivity contribution < 1.29 is 4.39 Å². The van der Waals surface area contributed by atoms with Gasteiger partial charge in [-0.05, 0) is 42.9 Å². The Balaban J connectivity index is 1.91. The summed E-state index contributed by atoms with van der Waals surface area (Å²) < 4.78 is 13.3. The number of benzene rings is 2. The molecule has 2 aromatic carbocycles. The number of aryl methyl sites for hydroxylation is 1. The van der Waals surface area contributed by atoms with Gasteiger partial charge in [0.2, 0.25) is 0 Å². The van der Waals surface area contributed by atoms with E-state index in [-0.39, 0.29) is 5.82 Å². The number of hydrazone groups is 1. The molecule has 0 atom stereocenters. The van der Waals surface area contributed by atoms with Crippen molar-refractivity contribution >= 4 is 29.2 Å². The Kier molecular flexibility index (Phi) is 4.79. The van der Waals surface area contributed by atoms with E-state index in [1.54, 1.807) is 18.2 Å². The average Bonchev–Trinajstić information content (AvgIpc) is 2.41. The van der Waals surface area contributed by atoms with Crippen LogP contribution in [0.25, 0.3) is 0 Å². The number of halogens is 1. The summed E-state index contributed by atoms with van der Waals surface area (Å²) >= 11 is 5.10. The fourth-order valence-electron chi connectivity index (χ4n) is 1.62. The number of nitrogens with zero attached hydrogens (tertiary/aromatic N) is 1. The topological polar surface area (TPSA) is 36.4 Å². The highest BCUT2D eigenvalue weighted by atomic mass is 32.1. The molecule has 102 valence electrons. The van der Waals surface area contributed by atoms with Gasteiger partial charge in [0.25, 0.3) is 0 Å². The Labute approximate surface area is 122 Å². The zero-order chi connectivity index (χ0) is 14.4. The van der Waals surface area contributed by atoms with Crippen molar-refractivity contribution in [3.8, 4) is 0 Å². The van der Waals surface area contributed by atoms with Gasteiger partial charge in [-0.15, -0.1) is 0 Å². The fraction of sp³-hybridized carbons (Fsp3) is 0.0667. The lowest BCUT2D eigenvalue weighted by atomic mass is 10.2. The van der Waals surface area contributed by atoms with Crippen LogP contribution in [-0.2, 0) is 0 Å². The van der Waals surface area contributed by atoms with Gasteiger partial charge in [-0.1, -0.05) is 30.3 Å². The Morgan fingerprint density at radius 3 is 2.75 bits per heavy atom. The molecule has 0 unspecified atom stereocenters. The molecular weight excluding hydrogens is 273 g/mol. The van der Waals surface area contributed by atoms with Crippen LogP contribution in [0.2, 0.25) is 0 Å². The van der Waals surface area contributed by atoms with Crippen molar-refractivity contribution in [1.82, 2.24) is 5.43 Å². The first-order chi connectivity index (χ1) is 9.65. The molecule has 2 N–H and O–H groups in total. The van der Waals surface area contributed by atoms with E-state index in [9.17, 15) is 4.39 Å². The number of rotatable bonds is 3. The average molecular weight is 287 g/mol. The van der Waals surface area contributed by atoms with Crippen LogP contribution in [0.3, 0.4) is 0 Å². The van der Waals surface area contributed by atoms with Gasteiger partial charge < -0.3 is 5.32 Å². The molecule has 2 rings (SSSR count). The first-order valence-corrected chi connectivity index (χ1v) is 6.47. The Hall–Kier alpha value is -2.27. The van der Waals surface area contributed by atoms with Crippen LogP contribution in [0.15, 0.2) is 53.6 Å². The van der Waals surface area contributed by atoms with Crippen molar-refractivity contribution in [2.24, 2.45) is 5.10 Å². The maximum Gasteiger partial charge on any atom is 0.191 e. The third kappa shape index (κ3) is 4.13. The minimum atomic E-state index is -0.324. The maximum absolute atomic E-state index is 13.3. The van der Waals surface area contributed by atoms with Crippen molar-refractivity contribution in [3.63, 3.8) is 0 Å². The quantitative estimate of drug-likeness (QED) is 0.516. The molecule has 0 aliphatic heterocycles. The molecule has 0 saturated heterocycles. The SMILES string of the molecule is Cc1cccc(NC(=S)N/N=C/c2ccccc2F)c1. The van der Waals surface area contributed by atoms with E-state index in [2.05, 4.69) is 15.8 Å². The minimum Gasteiger partial charge on any atom is -0.331 e. The largest absolute Gasteiger partial charge is 0.331 e. The van der Waals surface area contributed by atoms with Crippen molar-refractivity contribution in [2.75, 3.05) is 5.32 Å². The van der Waals surface area contributed by atoms with Crippen LogP contribution < -0.4 is 10.7 Å². The summed E-state index contributed by atoms with van der Waals surface area (Å²) in [5.41, 5.74) is 5.06. The van der Waals surface area contributed by atoms with Crippen LogP contribution in [-0.4, -0.2) is 11.3 Å². The Morgan fingerprint density at radius 2 is 2.00 bits per heavy atom. The molecule has 0 radical (unpaired) electrons. The lowest BCUT2D eigenvalue weighted by Crippen LogP contribution is -2.23. The van der Waals surface area contributed by atoms with E-state index in [0.29, 0.717) is 10.7 Å². The molecule has 0 aliphatic carbocycles. The number of hydrogen-bond acceptors (Lipinski definition) is 2. The number of anilines is 1. The van der Waals surface area contributed by atoms with Gasteiger partial charge >= 0.3 is 0 Å². The highest BCUT2D eigenvalue weighted by Gasteiger charge is 1.98. The van der Waals surface area contributed by atoms with Crippen LogP contribution in [0.5, 0.6) is 0 Å². The Morgan fingerprint density at radius 1 is 1.20 bits per heavy atom. The van der Waals surface area contributed by atoms with Crippen molar-refractivity contribution in [3.05, 3.63) is 65.5 Å². The van der Waals surface area contributed by atoms with Crippen molar-refractivity contribution in [2.45, 2.75) is 6.92 Å². The predicted octanol–water partition coefficient (Wildman–Crippen LogP) is 3.45. The van der Waals surface area contributed by atoms with Gasteiger partial charge in [0.15, 0.2) is 5.11 Å². The molecule has 0 spiro atoms. The first-order valence-electron chi connectivity index (χ1n) is 6.06. The van der Waals surface area contributed by atoms with Gasteiger partial charge in [0.05, 0.1) is 6.21 Å². The van der Waals surface area contributed by atoms with E-state index >= 15 is 0 Å². The second-order valence-corrected chi connectivity index (χ2v) is 4.62. The fourth-order valence-corrected chi connectivity index (χ4v) is 1.79. The molecule has 0 amide bonds. The van der Waals surface area contributed by atoms with Crippen LogP contribution in [0.4, 0.5) is 10.1 Å². The van der Waals surface area contributed by atoms with Gasteiger partial charge in [0.1, 0.15) is 5.82 Å². The zero-order valence-corrected chi connectivity index (χ0v) is 11.7. The highest BCUT2D eigenvalue weighted by Crippen LogP contribution is 2.09. The number of hydrogen-bond donors (Lipinski definition) is 2. The van der Waals surface area contributed by atoms with E-state index < -0.39 is 0 Å². The molecule has 0 heterocycles. The van der Waals surface area contributed by atoms with Crippen LogP contribution >= 0.6 is 12.2 Å². The van der Waals surface area contributed by atoms with Crippen LogP contribution in [0, 0.1) is 12.7 Å². The number of nitrogens with one attached hydrogen (secondary N) is 2. The summed E-state index contributed by atoms with van der Waals surface area (Å²) in [7, 11) is 0. The summed E-state index contributed by atoms with van der Waals surface area (Å²) in [6.07, 6.45) is 1.39. The van der Waals surface area contributed by atoms with E-state index in [1.807, 2.05) is 31.2 Å². The van der Waals surface area contributed by atoms with Crippen molar-refractivity contribution in [1.29, 1.82) is 0 Å². The predicted molar refractivity (Wildman–Crippen MR) is 84.5 cm³/mol. The van der Waals surface area contributed by atoms with E-state index in [0.717, 1.165) is 11.3 Å². The molecule has 3 nitrogen and oxygen atoms in total. The molecule has 0 aliphatic rings. The van der Waals surface area contributed by atoms with Gasteiger partial charge in [-0.25, -0.2) is 4.39 Å². The highest BCUT2D eigenvalue weighted by molar-refractivity contribution is 7.80. The summed E-state index contributed by atoms with van der Waals surface area (Å²) in [5.74, 6) is -0.324. The zero-order valence-electron chi connectivity index (χ0n) is 10.9. The first kappa shape index (κ1) is 14.1. The molecule has 5 heteroatoms. The van der Waals surface area contributed by atoms with Gasteiger partial charge in [-0.3, -0.25) is 5.43 Å². The molecular formula is C15H14FN3S. The third-order valence-electron chi connectivity index (χ3n) is 2.55. The normalized spacial score (nSPS) is 10.5. The van der Waals surface area contributed by atoms with E-state index in [4.69, 9.17) is 12.2 Å². The summed E-state index contributed by atoms with van der Waals surface area (Å²) in [6.45, 7) is 2.00. The summed E-state index contributed by atoms with van der Waals surface area (Å²) in [4.78, 5) is 0. The lowest BCUT2D eigenvalue weighted by molar-refractivity contribution is 0.626. The molecule has 0 fully saturated rings. The van der Waals surface area contributed by atoms with Gasteiger partial charge in [-0.2, -0.15) is 5.10 Å². The molecule has 20 heavy (non-hydrogen) atoms. The standard InChI is InChI=1S/C15H14FN3S/c1-11-5-4-7-13(9-11)18-15(20)19-17-10-12-6-2-3-8-14(12)16/h2-10H,1H3,(H2,18,19,20)/b17-10+. The lowest BCUT2D eigenvalue weighted by Gasteiger charge is -2.07. The second kappa shape index (κ2) is 6.77. The monoisotopic (exact) mass is 287 g/mol. The van der Waals surface area contributed by atoms with Crippen LogP contribution in [0.1, 0.15) is 11.1 Å². The summed E-state index contributed by atoms with van der Waals surface area (Å²) in [5, 5.41) is 7.25. The third-order valence-corrected chi connectivity index (χ3v) is 2.74. The number of thiocarbonyl (C=S) groups is 1. The maximum atomic E-state index is 13.3. The van der Waals surface area contributed by atoms with E-state index in [1.165, 1.54) is 12.3 Å². The molecule has 0 aromatic heterocycles. The Bertz CT molecular complexity index is 641. The molecule has 0 saturated carbocycles. The minimum absolute atomic E-state index is 0.324. The van der Waals surface area contributed by atoms with Gasteiger partial charge in [0, 0.05) is 11.3 Å². The molecule has 2 aromatic rings. The summed E-state index contributed by atoms with van der Waals surface area (Å²) in [6, 6.07) is 14.2.